The van der Waals surface area contributed by atoms with E-state index < -0.39 is 17.0 Å². The summed E-state index contributed by atoms with van der Waals surface area (Å²) >= 11 is 0. The molecule has 0 aliphatic heterocycles. The van der Waals surface area contributed by atoms with Gasteiger partial charge in [0.2, 0.25) is 0 Å². The van der Waals surface area contributed by atoms with Gasteiger partial charge in [0.15, 0.2) is 0 Å². The molecule has 1 aromatic carbocycles. The van der Waals surface area contributed by atoms with E-state index in [1.165, 1.54) is 12.3 Å². The molecule has 0 aliphatic rings. The fraction of sp³-hybridized carbons (Fsp3) is 0.0769. The number of hydrogen-bond acceptors (Lipinski definition) is 4. The number of fused-ring (bicyclic) bond motifs is 1. The van der Waals surface area contributed by atoms with Crippen molar-refractivity contribution in [3.8, 4) is 0 Å². The highest BCUT2D eigenvalue weighted by molar-refractivity contribution is 6.09. The SMILES string of the molecule is Cc1[nH]ncc1C(=O)Nc1cccc2c(=O)[nH][nH]c(=O)c12. The van der Waals surface area contributed by atoms with E-state index >= 15 is 0 Å². The second kappa shape index (κ2) is 4.75. The summed E-state index contributed by atoms with van der Waals surface area (Å²) in [4.78, 5) is 35.8. The van der Waals surface area contributed by atoms with E-state index in [1.54, 1.807) is 19.1 Å². The Hall–Kier alpha value is -3.16. The Labute approximate surface area is 117 Å². The molecule has 0 saturated heterocycles. The van der Waals surface area contributed by atoms with Gasteiger partial charge in [-0.15, -0.1) is 0 Å². The van der Waals surface area contributed by atoms with Crippen LogP contribution in [0.15, 0.2) is 34.0 Å². The summed E-state index contributed by atoms with van der Waals surface area (Å²) in [6.45, 7) is 1.71. The van der Waals surface area contributed by atoms with Crippen molar-refractivity contribution < 1.29 is 4.79 Å². The van der Waals surface area contributed by atoms with Crippen molar-refractivity contribution in [3.05, 3.63) is 56.4 Å². The normalized spacial score (nSPS) is 10.7. The summed E-state index contributed by atoms with van der Waals surface area (Å²) in [6, 6.07) is 4.67. The predicted molar refractivity (Wildman–Crippen MR) is 76.5 cm³/mol. The number of carbonyl (C=O) groups is 1. The second-order valence-corrected chi connectivity index (χ2v) is 4.50. The Morgan fingerprint density at radius 2 is 1.95 bits per heavy atom. The minimum atomic E-state index is -0.482. The molecule has 0 unspecified atom stereocenters. The molecule has 1 amide bonds. The first-order chi connectivity index (χ1) is 10.1. The van der Waals surface area contributed by atoms with Gasteiger partial charge in [-0.05, 0) is 19.1 Å². The average molecular weight is 285 g/mol. The molecule has 21 heavy (non-hydrogen) atoms. The Bertz CT molecular complexity index is 950. The van der Waals surface area contributed by atoms with E-state index in [2.05, 4.69) is 25.7 Å². The number of benzene rings is 1. The van der Waals surface area contributed by atoms with Crippen LogP contribution < -0.4 is 16.4 Å². The van der Waals surface area contributed by atoms with Gasteiger partial charge in [0.05, 0.1) is 28.2 Å². The van der Waals surface area contributed by atoms with Gasteiger partial charge in [-0.3, -0.25) is 29.7 Å². The highest BCUT2D eigenvalue weighted by Gasteiger charge is 2.14. The van der Waals surface area contributed by atoms with Crippen LogP contribution in [-0.4, -0.2) is 26.3 Å². The maximum absolute atomic E-state index is 12.2. The fourth-order valence-electron chi connectivity index (χ4n) is 2.10. The van der Waals surface area contributed by atoms with Gasteiger partial charge < -0.3 is 5.32 Å². The van der Waals surface area contributed by atoms with E-state index in [-0.39, 0.29) is 16.5 Å². The van der Waals surface area contributed by atoms with Gasteiger partial charge >= 0.3 is 0 Å². The molecule has 3 aromatic rings. The molecule has 3 rings (SSSR count). The standard InChI is InChI=1S/C13H11N5O3/c1-6-8(5-14-16-6)11(19)15-9-4-2-3-7-10(9)13(21)18-17-12(7)20/h2-5H,1H3,(H,14,16)(H,15,19)(H,17,20)(H,18,21). The average Bonchev–Trinajstić information content (AvgIpc) is 2.89. The van der Waals surface area contributed by atoms with Crippen molar-refractivity contribution in [3.63, 3.8) is 0 Å². The molecule has 4 N–H and O–H groups in total. The smallest absolute Gasteiger partial charge is 0.272 e. The minimum Gasteiger partial charge on any atom is -0.321 e. The molecular weight excluding hydrogens is 274 g/mol. The first-order valence-electron chi connectivity index (χ1n) is 6.13. The summed E-state index contributed by atoms with van der Waals surface area (Å²) in [5.41, 5.74) is 0.336. The fourth-order valence-corrected chi connectivity index (χ4v) is 2.10. The molecule has 8 nitrogen and oxygen atoms in total. The summed E-state index contributed by atoms with van der Waals surface area (Å²) in [6.07, 6.45) is 1.40. The molecule has 0 aliphatic carbocycles. The van der Waals surface area contributed by atoms with E-state index in [4.69, 9.17) is 0 Å². The van der Waals surface area contributed by atoms with E-state index in [9.17, 15) is 14.4 Å². The Morgan fingerprint density at radius 1 is 1.19 bits per heavy atom. The molecule has 0 fully saturated rings. The summed E-state index contributed by atoms with van der Waals surface area (Å²) in [7, 11) is 0. The number of H-pyrrole nitrogens is 3. The number of amides is 1. The van der Waals surface area contributed by atoms with Crippen LogP contribution in [0.2, 0.25) is 0 Å². The molecule has 2 aromatic heterocycles. The number of hydrogen-bond donors (Lipinski definition) is 4. The van der Waals surface area contributed by atoms with Gasteiger partial charge in [0.25, 0.3) is 17.0 Å². The number of nitrogens with zero attached hydrogens (tertiary/aromatic N) is 1. The molecule has 2 heterocycles. The van der Waals surface area contributed by atoms with Crippen LogP contribution in [-0.2, 0) is 0 Å². The lowest BCUT2D eigenvalue weighted by Gasteiger charge is -2.07. The molecular formula is C13H11N5O3. The van der Waals surface area contributed by atoms with Crippen molar-refractivity contribution in [1.82, 2.24) is 20.4 Å². The third kappa shape index (κ3) is 2.12. The van der Waals surface area contributed by atoms with Crippen LogP contribution in [0, 0.1) is 6.92 Å². The highest BCUT2D eigenvalue weighted by atomic mass is 16.2. The number of aromatic amines is 3. The third-order valence-corrected chi connectivity index (χ3v) is 3.15. The van der Waals surface area contributed by atoms with Crippen LogP contribution in [0.5, 0.6) is 0 Å². The molecule has 0 spiro atoms. The van der Waals surface area contributed by atoms with E-state index in [0.717, 1.165) is 0 Å². The van der Waals surface area contributed by atoms with Crippen LogP contribution in [0.25, 0.3) is 10.8 Å². The molecule has 106 valence electrons. The lowest BCUT2D eigenvalue weighted by molar-refractivity contribution is 0.102. The minimum absolute atomic E-state index is 0.135. The predicted octanol–water partition coefficient (Wildman–Crippen LogP) is 0.500. The molecule has 0 radical (unpaired) electrons. The van der Waals surface area contributed by atoms with Gasteiger partial charge in [-0.25, -0.2) is 0 Å². The summed E-state index contributed by atoms with van der Waals surface area (Å²) in [5.74, 6) is -0.409. The number of rotatable bonds is 2. The second-order valence-electron chi connectivity index (χ2n) is 4.50. The van der Waals surface area contributed by atoms with Crippen molar-refractivity contribution in [2.75, 3.05) is 5.32 Å². The van der Waals surface area contributed by atoms with Crippen molar-refractivity contribution in [1.29, 1.82) is 0 Å². The largest absolute Gasteiger partial charge is 0.321 e. The zero-order valence-electron chi connectivity index (χ0n) is 11.0. The van der Waals surface area contributed by atoms with Crippen molar-refractivity contribution >= 4 is 22.4 Å². The first-order valence-corrected chi connectivity index (χ1v) is 6.13. The van der Waals surface area contributed by atoms with Crippen LogP contribution in [0.4, 0.5) is 5.69 Å². The lowest BCUT2D eigenvalue weighted by Crippen LogP contribution is -2.21. The highest BCUT2D eigenvalue weighted by Crippen LogP contribution is 2.18. The quantitative estimate of drug-likeness (QED) is 0.547. The number of aromatic nitrogens is 4. The molecule has 0 bridgehead atoms. The number of carbonyl (C=O) groups excluding carboxylic acids is 1. The Morgan fingerprint density at radius 3 is 2.67 bits per heavy atom. The third-order valence-electron chi connectivity index (χ3n) is 3.15. The zero-order valence-corrected chi connectivity index (χ0v) is 11.0. The molecule has 0 saturated carbocycles. The van der Waals surface area contributed by atoms with Crippen LogP contribution in [0.3, 0.4) is 0 Å². The number of aryl methyl sites for hydroxylation is 1. The molecule has 0 atom stereocenters. The van der Waals surface area contributed by atoms with Crippen molar-refractivity contribution in [2.24, 2.45) is 0 Å². The van der Waals surface area contributed by atoms with Crippen LogP contribution >= 0.6 is 0 Å². The number of nitrogens with one attached hydrogen (secondary N) is 4. The summed E-state index contributed by atoms with van der Waals surface area (Å²) in [5, 5.41) is 13.9. The molecule has 8 heteroatoms. The van der Waals surface area contributed by atoms with Gasteiger partial charge in [-0.1, -0.05) is 6.07 Å². The topological polar surface area (TPSA) is 123 Å². The van der Waals surface area contributed by atoms with Gasteiger partial charge in [-0.2, -0.15) is 5.10 Å². The monoisotopic (exact) mass is 285 g/mol. The maximum Gasteiger partial charge on any atom is 0.272 e. The summed E-state index contributed by atoms with van der Waals surface area (Å²) < 4.78 is 0. The van der Waals surface area contributed by atoms with E-state index in [0.29, 0.717) is 11.3 Å². The van der Waals surface area contributed by atoms with Gasteiger partial charge in [0, 0.05) is 5.69 Å². The Kier molecular flexibility index (Phi) is 2.90. The lowest BCUT2D eigenvalue weighted by atomic mass is 10.1. The van der Waals surface area contributed by atoms with E-state index in [1.807, 2.05) is 0 Å². The van der Waals surface area contributed by atoms with Crippen molar-refractivity contribution in [2.45, 2.75) is 6.92 Å². The Balaban J connectivity index is 2.12. The maximum atomic E-state index is 12.2. The van der Waals surface area contributed by atoms with Crippen LogP contribution in [0.1, 0.15) is 16.1 Å². The van der Waals surface area contributed by atoms with Gasteiger partial charge in [0.1, 0.15) is 0 Å². The zero-order chi connectivity index (χ0) is 15.0. The first kappa shape index (κ1) is 12.9. The number of anilines is 1.